The first-order valence-electron chi connectivity index (χ1n) is 8.72. The molecule has 0 bridgehead atoms. The highest BCUT2D eigenvalue weighted by Gasteiger charge is 2.11. The second kappa shape index (κ2) is 7.78. The van der Waals surface area contributed by atoms with Crippen molar-refractivity contribution in [2.75, 3.05) is 13.2 Å². The fraction of sp³-hybridized carbons (Fsp3) is 0.143. The fourth-order valence-corrected chi connectivity index (χ4v) is 2.76. The molecule has 0 saturated heterocycles. The van der Waals surface area contributed by atoms with Gasteiger partial charge in [0, 0.05) is 24.4 Å². The van der Waals surface area contributed by atoms with Gasteiger partial charge in [0.2, 0.25) is 5.91 Å². The van der Waals surface area contributed by atoms with E-state index in [1.165, 1.54) is 6.08 Å². The van der Waals surface area contributed by atoms with Crippen LogP contribution in [-0.4, -0.2) is 28.9 Å². The largest absolute Gasteiger partial charge is 0.486 e. The quantitative estimate of drug-likeness (QED) is 0.710. The summed E-state index contributed by atoms with van der Waals surface area (Å²) in [7, 11) is 0. The van der Waals surface area contributed by atoms with Gasteiger partial charge in [-0.2, -0.15) is 5.10 Å². The first-order chi connectivity index (χ1) is 13.3. The molecule has 1 aliphatic rings. The minimum atomic E-state index is -0.169. The Morgan fingerprint density at radius 2 is 1.93 bits per heavy atom. The molecule has 1 N–H and O–H groups in total. The highest BCUT2D eigenvalue weighted by atomic mass is 16.6. The Kier molecular flexibility index (Phi) is 4.87. The van der Waals surface area contributed by atoms with Gasteiger partial charge in [-0.3, -0.25) is 4.79 Å². The van der Waals surface area contributed by atoms with Gasteiger partial charge in [-0.15, -0.1) is 0 Å². The van der Waals surface area contributed by atoms with Gasteiger partial charge in [-0.1, -0.05) is 24.3 Å². The molecule has 0 fully saturated rings. The third-order valence-electron chi connectivity index (χ3n) is 4.12. The number of hydrogen-bond acceptors (Lipinski definition) is 4. The van der Waals surface area contributed by atoms with Crippen molar-refractivity contribution in [3.05, 3.63) is 78.1 Å². The van der Waals surface area contributed by atoms with Gasteiger partial charge in [0.15, 0.2) is 11.5 Å². The molecule has 2 aromatic carbocycles. The van der Waals surface area contributed by atoms with E-state index in [9.17, 15) is 4.79 Å². The van der Waals surface area contributed by atoms with Crippen LogP contribution in [0.3, 0.4) is 0 Å². The van der Waals surface area contributed by atoms with Crippen molar-refractivity contribution in [2.24, 2.45) is 0 Å². The molecule has 0 saturated carbocycles. The van der Waals surface area contributed by atoms with Crippen molar-refractivity contribution >= 4 is 12.0 Å². The Hall–Kier alpha value is -3.54. The van der Waals surface area contributed by atoms with Gasteiger partial charge in [0.25, 0.3) is 0 Å². The molecule has 6 heteroatoms. The molecule has 3 aromatic rings. The van der Waals surface area contributed by atoms with Crippen molar-refractivity contribution in [1.29, 1.82) is 0 Å². The van der Waals surface area contributed by atoms with Gasteiger partial charge < -0.3 is 14.8 Å². The van der Waals surface area contributed by atoms with E-state index in [1.54, 1.807) is 17.0 Å². The van der Waals surface area contributed by atoms with Crippen LogP contribution in [0.4, 0.5) is 0 Å². The molecule has 0 aliphatic carbocycles. The van der Waals surface area contributed by atoms with E-state index < -0.39 is 0 Å². The predicted octanol–water partition coefficient (Wildman–Crippen LogP) is 2.97. The second-order valence-electron chi connectivity index (χ2n) is 6.08. The van der Waals surface area contributed by atoms with Gasteiger partial charge in [-0.05, 0) is 35.9 Å². The summed E-state index contributed by atoms with van der Waals surface area (Å²) in [5.41, 5.74) is 2.78. The number of nitrogens with zero attached hydrogens (tertiary/aromatic N) is 2. The van der Waals surface area contributed by atoms with Gasteiger partial charge >= 0.3 is 0 Å². The first kappa shape index (κ1) is 16.9. The Morgan fingerprint density at radius 1 is 1.11 bits per heavy atom. The number of benzene rings is 2. The lowest BCUT2D eigenvalue weighted by molar-refractivity contribution is -0.116. The van der Waals surface area contributed by atoms with Gasteiger partial charge in [-0.25, -0.2) is 4.68 Å². The zero-order chi connectivity index (χ0) is 18.5. The number of ether oxygens (including phenoxy) is 2. The Morgan fingerprint density at radius 3 is 2.78 bits per heavy atom. The molecule has 136 valence electrons. The highest BCUT2D eigenvalue weighted by Crippen LogP contribution is 2.30. The van der Waals surface area contributed by atoms with E-state index in [1.807, 2.05) is 54.7 Å². The Labute approximate surface area is 157 Å². The second-order valence-corrected chi connectivity index (χ2v) is 6.08. The lowest BCUT2D eigenvalue weighted by Crippen LogP contribution is -2.20. The number of amides is 1. The van der Waals surface area contributed by atoms with Crippen molar-refractivity contribution in [1.82, 2.24) is 15.1 Å². The summed E-state index contributed by atoms with van der Waals surface area (Å²) in [5, 5.41) is 7.17. The Bertz CT molecular complexity index is 964. The minimum absolute atomic E-state index is 0.169. The average molecular weight is 361 g/mol. The maximum Gasteiger partial charge on any atom is 0.244 e. The normalized spacial score (nSPS) is 12.9. The van der Waals surface area contributed by atoms with Crippen molar-refractivity contribution in [3.63, 3.8) is 0 Å². The molecule has 1 aromatic heterocycles. The number of aromatic nitrogens is 2. The summed E-state index contributed by atoms with van der Waals surface area (Å²) in [5.74, 6) is 1.29. The lowest BCUT2D eigenvalue weighted by atomic mass is 10.2. The molecule has 27 heavy (non-hydrogen) atoms. The molecule has 0 radical (unpaired) electrons. The molecule has 1 aliphatic heterocycles. The first-order valence-corrected chi connectivity index (χ1v) is 8.72. The minimum Gasteiger partial charge on any atom is -0.486 e. The van der Waals surface area contributed by atoms with E-state index in [0.717, 1.165) is 28.3 Å². The number of nitrogens with one attached hydrogen (secondary N) is 1. The van der Waals surface area contributed by atoms with Crippen LogP contribution in [0, 0.1) is 0 Å². The summed E-state index contributed by atoms with van der Waals surface area (Å²) in [6.45, 7) is 1.53. The zero-order valence-electron chi connectivity index (χ0n) is 14.7. The van der Waals surface area contributed by atoms with E-state index in [4.69, 9.17) is 9.47 Å². The summed E-state index contributed by atoms with van der Waals surface area (Å²) in [6, 6.07) is 15.5. The van der Waals surface area contributed by atoms with Gasteiger partial charge in [0.1, 0.15) is 13.2 Å². The molecular formula is C21H19N3O3. The molecule has 1 amide bonds. The number of carbonyl (C=O) groups excluding carboxylic acids is 1. The van der Waals surface area contributed by atoms with Crippen LogP contribution in [0.2, 0.25) is 0 Å². The van der Waals surface area contributed by atoms with E-state index in [0.29, 0.717) is 19.8 Å². The molecule has 4 rings (SSSR count). The number of carbonyl (C=O) groups is 1. The molecule has 0 unspecified atom stereocenters. The molecule has 0 atom stereocenters. The van der Waals surface area contributed by atoms with E-state index in [2.05, 4.69) is 10.4 Å². The number of para-hydroxylation sites is 1. The van der Waals surface area contributed by atoms with E-state index in [-0.39, 0.29) is 5.91 Å². The van der Waals surface area contributed by atoms with Crippen LogP contribution in [0.25, 0.3) is 11.8 Å². The fourth-order valence-electron chi connectivity index (χ4n) is 2.76. The van der Waals surface area contributed by atoms with Crippen LogP contribution >= 0.6 is 0 Å². The van der Waals surface area contributed by atoms with Crippen molar-refractivity contribution in [3.8, 4) is 17.2 Å². The maximum absolute atomic E-state index is 12.1. The SMILES string of the molecule is O=C(/C=C/c1cnn(-c2ccccc2)c1)NCc1ccc2c(c1)OCCO2. The summed E-state index contributed by atoms with van der Waals surface area (Å²) < 4.78 is 12.8. The zero-order valence-corrected chi connectivity index (χ0v) is 14.7. The topological polar surface area (TPSA) is 65.4 Å². The van der Waals surface area contributed by atoms with Crippen molar-refractivity contribution in [2.45, 2.75) is 6.54 Å². The maximum atomic E-state index is 12.1. The van der Waals surface area contributed by atoms with Crippen LogP contribution in [0.15, 0.2) is 67.0 Å². The highest BCUT2D eigenvalue weighted by molar-refractivity contribution is 5.91. The Balaban J connectivity index is 1.34. The third-order valence-corrected chi connectivity index (χ3v) is 4.12. The molecule has 0 spiro atoms. The van der Waals surface area contributed by atoms with Crippen LogP contribution < -0.4 is 14.8 Å². The van der Waals surface area contributed by atoms with Crippen LogP contribution in [0.5, 0.6) is 11.5 Å². The van der Waals surface area contributed by atoms with Gasteiger partial charge in [0.05, 0.1) is 11.9 Å². The molecular weight excluding hydrogens is 342 g/mol. The monoisotopic (exact) mass is 361 g/mol. The molecule has 2 heterocycles. The summed E-state index contributed by atoms with van der Waals surface area (Å²) in [6.07, 6.45) is 6.84. The number of fused-ring (bicyclic) bond motifs is 1. The number of hydrogen-bond donors (Lipinski definition) is 1. The average Bonchev–Trinajstić information content (AvgIpc) is 3.20. The standard InChI is InChI=1S/C21H19N3O3/c25-21(22-13-16-6-8-19-20(12-16)27-11-10-26-19)9-7-17-14-23-24(15-17)18-4-2-1-3-5-18/h1-9,12,14-15H,10-11,13H2,(H,22,25)/b9-7+. The summed E-state index contributed by atoms with van der Waals surface area (Å²) in [4.78, 5) is 12.1. The summed E-state index contributed by atoms with van der Waals surface area (Å²) >= 11 is 0. The lowest BCUT2D eigenvalue weighted by Gasteiger charge is -2.18. The van der Waals surface area contributed by atoms with Crippen molar-refractivity contribution < 1.29 is 14.3 Å². The third kappa shape index (κ3) is 4.17. The van der Waals surface area contributed by atoms with Crippen LogP contribution in [0.1, 0.15) is 11.1 Å². The smallest absolute Gasteiger partial charge is 0.244 e. The molecule has 6 nitrogen and oxygen atoms in total. The van der Waals surface area contributed by atoms with E-state index >= 15 is 0 Å². The number of rotatable bonds is 5. The van der Waals surface area contributed by atoms with Crippen LogP contribution in [-0.2, 0) is 11.3 Å². The predicted molar refractivity (Wildman–Crippen MR) is 102 cm³/mol.